The molecule has 34 heavy (non-hydrogen) atoms. The van der Waals surface area contributed by atoms with Gasteiger partial charge in [-0.05, 0) is 23.8 Å². The zero-order valence-electron chi connectivity index (χ0n) is 18.7. The first kappa shape index (κ1) is 21.9. The molecule has 1 fully saturated rings. The Balaban J connectivity index is 1.56. The van der Waals surface area contributed by atoms with E-state index in [0.717, 1.165) is 16.6 Å². The zero-order chi connectivity index (χ0) is 23.9. The standard InChI is InChI=1S/C24H23F2N7O/c1-14(2)21-28-10-16(11-29-21)23(34)32-20-17(15-3-4-18-19(9-15)31-13-30-18)5-7-27-22(20)33-8-6-24(25,26)12-33/h3-5,7,9-11,13-14H,6,8,12H2,1-2H3,(H,30,31)(H,32,34). The molecule has 4 heterocycles. The van der Waals surface area contributed by atoms with Crippen LogP contribution in [0, 0.1) is 0 Å². The Kier molecular flexibility index (Phi) is 5.43. The molecule has 0 aliphatic carbocycles. The first-order valence-electron chi connectivity index (χ1n) is 11.0. The van der Waals surface area contributed by atoms with Crippen molar-refractivity contribution in [2.75, 3.05) is 23.3 Å². The second kappa shape index (κ2) is 8.44. The molecule has 0 unspecified atom stereocenters. The maximum Gasteiger partial charge on any atom is 0.266 e. The van der Waals surface area contributed by atoms with Crippen molar-refractivity contribution >= 4 is 28.4 Å². The van der Waals surface area contributed by atoms with Gasteiger partial charge in [0.15, 0.2) is 5.82 Å². The number of rotatable bonds is 5. The Bertz CT molecular complexity index is 1350. The number of H-pyrrole nitrogens is 1. The number of imidazole rings is 1. The number of carbonyl (C=O) groups is 1. The van der Waals surface area contributed by atoms with Crippen molar-refractivity contribution in [2.45, 2.75) is 32.1 Å². The smallest absolute Gasteiger partial charge is 0.266 e. The summed E-state index contributed by atoms with van der Waals surface area (Å²) in [6.45, 7) is 3.60. The minimum atomic E-state index is -2.81. The number of fused-ring (bicyclic) bond motifs is 1. The number of alkyl halides is 2. The maximum absolute atomic E-state index is 14.0. The largest absolute Gasteiger partial charge is 0.349 e. The molecule has 174 valence electrons. The molecule has 2 N–H and O–H groups in total. The zero-order valence-corrected chi connectivity index (χ0v) is 18.7. The van der Waals surface area contributed by atoms with Gasteiger partial charge in [-0.1, -0.05) is 19.9 Å². The number of nitrogens with one attached hydrogen (secondary N) is 2. The number of hydrogen-bond donors (Lipinski definition) is 2. The number of benzene rings is 1. The van der Waals surface area contributed by atoms with Crippen LogP contribution in [0.15, 0.2) is 49.2 Å². The molecule has 3 aromatic heterocycles. The highest BCUT2D eigenvalue weighted by Crippen LogP contribution is 2.39. The lowest BCUT2D eigenvalue weighted by Crippen LogP contribution is -2.27. The van der Waals surface area contributed by atoms with E-state index in [1.165, 1.54) is 17.3 Å². The summed E-state index contributed by atoms with van der Waals surface area (Å²) in [5, 5.41) is 2.89. The van der Waals surface area contributed by atoms with Crippen molar-refractivity contribution in [3.63, 3.8) is 0 Å². The number of nitrogens with zero attached hydrogens (tertiary/aromatic N) is 5. The Morgan fingerprint density at radius 3 is 2.65 bits per heavy atom. The van der Waals surface area contributed by atoms with Gasteiger partial charge in [-0.3, -0.25) is 4.79 Å². The average molecular weight is 463 g/mol. The summed E-state index contributed by atoms with van der Waals surface area (Å²) in [6, 6.07) is 7.39. The number of carbonyl (C=O) groups excluding carboxylic acids is 1. The van der Waals surface area contributed by atoms with E-state index in [1.807, 2.05) is 32.0 Å². The van der Waals surface area contributed by atoms with Crippen LogP contribution < -0.4 is 10.2 Å². The topological polar surface area (TPSA) is 99.7 Å². The van der Waals surface area contributed by atoms with Gasteiger partial charge >= 0.3 is 0 Å². The van der Waals surface area contributed by atoms with Crippen molar-refractivity contribution in [3.05, 3.63) is 60.6 Å². The number of halogens is 2. The molecule has 10 heteroatoms. The fourth-order valence-corrected chi connectivity index (χ4v) is 4.01. The van der Waals surface area contributed by atoms with E-state index in [2.05, 4.69) is 30.2 Å². The second-order valence-corrected chi connectivity index (χ2v) is 8.66. The number of anilines is 2. The molecule has 0 spiro atoms. The number of aromatic nitrogens is 5. The molecule has 5 rings (SSSR count). The summed E-state index contributed by atoms with van der Waals surface area (Å²) in [5.74, 6) is -2.20. The summed E-state index contributed by atoms with van der Waals surface area (Å²) in [6.07, 6.45) is 5.82. The van der Waals surface area contributed by atoms with E-state index in [1.54, 1.807) is 18.6 Å². The van der Waals surface area contributed by atoms with E-state index < -0.39 is 18.4 Å². The van der Waals surface area contributed by atoms with E-state index in [-0.39, 0.29) is 24.4 Å². The maximum atomic E-state index is 14.0. The number of hydrogen-bond acceptors (Lipinski definition) is 6. The van der Waals surface area contributed by atoms with Gasteiger partial charge in [0.2, 0.25) is 0 Å². The minimum absolute atomic E-state index is 0.127. The summed E-state index contributed by atoms with van der Waals surface area (Å²) in [4.78, 5) is 34.9. The van der Waals surface area contributed by atoms with E-state index in [4.69, 9.17) is 0 Å². The fourth-order valence-electron chi connectivity index (χ4n) is 4.01. The Hall–Kier alpha value is -3.95. The van der Waals surface area contributed by atoms with Crippen LogP contribution in [0.1, 0.15) is 42.4 Å². The van der Waals surface area contributed by atoms with Gasteiger partial charge in [-0.2, -0.15) is 0 Å². The highest BCUT2D eigenvalue weighted by atomic mass is 19.3. The highest BCUT2D eigenvalue weighted by molar-refractivity contribution is 6.08. The number of amides is 1. The molecular weight excluding hydrogens is 440 g/mol. The molecule has 1 aromatic carbocycles. The lowest BCUT2D eigenvalue weighted by molar-refractivity contribution is 0.0257. The lowest BCUT2D eigenvalue weighted by atomic mass is 10.0. The summed E-state index contributed by atoms with van der Waals surface area (Å²) < 4.78 is 28.0. The Morgan fingerprint density at radius 2 is 1.94 bits per heavy atom. The van der Waals surface area contributed by atoms with Crippen LogP contribution in [0.2, 0.25) is 0 Å². The van der Waals surface area contributed by atoms with E-state index in [0.29, 0.717) is 22.9 Å². The number of pyridine rings is 1. The summed E-state index contributed by atoms with van der Waals surface area (Å²) in [7, 11) is 0. The quantitative estimate of drug-likeness (QED) is 0.448. The monoisotopic (exact) mass is 463 g/mol. The second-order valence-electron chi connectivity index (χ2n) is 8.66. The van der Waals surface area contributed by atoms with Gasteiger partial charge in [0.25, 0.3) is 11.8 Å². The minimum Gasteiger partial charge on any atom is -0.349 e. The molecule has 8 nitrogen and oxygen atoms in total. The van der Waals surface area contributed by atoms with Crippen LogP contribution in [-0.2, 0) is 0 Å². The van der Waals surface area contributed by atoms with Crippen molar-refractivity contribution < 1.29 is 13.6 Å². The number of aromatic amines is 1. The van der Waals surface area contributed by atoms with Gasteiger partial charge < -0.3 is 15.2 Å². The SMILES string of the molecule is CC(C)c1ncc(C(=O)Nc2c(-c3ccc4[nH]cnc4c3)ccnc2N2CCC(F)(F)C2)cn1. The van der Waals surface area contributed by atoms with Crippen molar-refractivity contribution in [3.8, 4) is 11.1 Å². The van der Waals surface area contributed by atoms with Crippen LogP contribution in [-0.4, -0.2) is 49.8 Å². The van der Waals surface area contributed by atoms with Gasteiger partial charge in [0, 0.05) is 43.0 Å². The van der Waals surface area contributed by atoms with E-state index in [9.17, 15) is 13.6 Å². The molecule has 1 saturated heterocycles. The fraction of sp³-hybridized carbons (Fsp3) is 0.292. The molecule has 1 amide bonds. The van der Waals surface area contributed by atoms with Gasteiger partial charge in [-0.25, -0.2) is 28.7 Å². The van der Waals surface area contributed by atoms with Crippen LogP contribution in [0.3, 0.4) is 0 Å². The first-order chi connectivity index (χ1) is 16.3. The third kappa shape index (κ3) is 4.18. The predicted octanol–water partition coefficient (Wildman–Crippen LogP) is 4.64. The Morgan fingerprint density at radius 1 is 1.15 bits per heavy atom. The summed E-state index contributed by atoms with van der Waals surface area (Å²) >= 11 is 0. The van der Waals surface area contributed by atoms with Crippen molar-refractivity contribution in [1.82, 2.24) is 24.9 Å². The third-order valence-electron chi connectivity index (χ3n) is 5.82. The van der Waals surface area contributed by atoms with Crippen molar-refractivity contribution in [1.29, 1.82) is 0 Å². The molecule has 0 radical (unpaired) electrons. The van der Waals surface area contributed by atoms with Gasteiger partial charge in [0.1, 0.15) is 5.82 Å². The van der Waals surface area contributed by atoms with Gasteiger partial charge in [-0.15, -0.1) is 0 Å². The van der Waals surface area contributed by atoms with Crippen molar-refractivity contribution in [2.24, 2.45) is 0 Å². The molecular formula is C24H23F2N7O. The van der Waals surface area contributed by atoms with Crippen LogP contribution >= 0.6 is 0 Å². The normalized spacial score (nSPS) is 15.3. The van der Waals surface area contributed by atoms with Crippen LogP contribution in [0.5, 0.6) is 0 Å². The summed E-state index contributed by atoms with van der Waals surface area (Å²) in [5.41, 5.74) is 3.66. The lowest BCUT2D eigenvalue weighted by Gasteiger charge is -2.23. The van der Waals surface area contributed by atoms with Crippen LogP contribution in [0.4, 0.5) is 20.3 Å². The average Bonchev–Trinajstić information content (AvgIpc) is 3.44. The third-order valence-corrected chi connectivity index (χ3v) is 5.82. The molecule has 1 aliphatic heterocycles. The Labute approximate surface area is 194 Å². The van der Waals surface area contributed by atoms with Crippen LogP contribution in [0.25, 0.3) is 22.2 Å². The molecule has 0 bridgehead atoms. The molecule has 4 aromatic rings. The molecule has 0 saturated carbocycles. The predicted molar refractivity (Wildman–Crippen MR) is 125 cm³/mol. The van der Waals surface area contributed by atoms with Gasteiger partial charge in [0.05, 0.1) is 35.2 Å². The highest BCUT2D eigenvalue weighted by Gasteiger charge is 2.40. The molecule has 0 atom stereocenters. The molecule has 1 aliphatic rings. The first-order valence-corrected chi connectivity index (χ1v) is 11.0. The van der Waals surface area contributed by atoms with E-state index >= 15 is 0 Å².